The Labute approximate surface area is 131 Å². The average molecular weight is 395 g/mol. The minimum atomic E-state index is -0.195. The summed E-state index contributed by atoms with van der Waals surface area (Å²) < 4.78 is 1.41. The predicted molar refractivity (Wildman–Crippen MR) is 85.7 cm³/mol. The molecule has 2 heterocycles. The van der Waals surface area contributed by atoms with Crippen molar-refractivity contribution in [1.82, 2.24) is 15.0 Å². The summed E-state index contributed by atoms with van der Waals surface area (Å²) in [4.78, 5) is 23.5. The van der Waals surface area contributed by atoms with Gasteiger partial charge in [0.2, 0.25) is 0 Å². The molecular weight excluding hydrogens is 386 g/mol. The molecule has 6 heteroatoms. The molecule has 4 nitrogen and oxygen atoms in total. The monoisotopic (exact) mass is 393 g/mol. The first-order chi connectivity index (χ1) is 9.58. The number of hydrogen-bond donors (Lipinski definition) is 1. The minimum Gasteiger partial charge on any atom is -0.305 e. The van der Waals surface area contributed by atoms with E-state index >= 15 is 0 Å². The van der Waals surface area contributed by atoms with Crippen molar-refractivity contribution in [2.45, 2.75) is 6.92 Å². The van der Waals surface area contributed by atoms with Crippen LogP contribution < -0.4 is 5.56 Å². The summed E-state index contributed by atoms with van der Waals surface area (Å²) in [6.07, 6.45) is 1.72. The van der Waals surface area contributed by atoms with Gasteiger partial charge in [-0.1, -0.05) is 22.0 Å². The van der Waals surface area contributed by atoms with E-state index < -0.39 is 0 Å². The Kier molecular flexibility index (Phi) is 3.43. The van der Waals surface area contributed by atoms with Gasteiger partial charge in [0.1, 0.15) is 10.3 Å². The number of rotatable bonds is 1. The lowest BCUT2D eigenvalue weighted by atomic mass is 10.1. The molecule has 0 bridgehead atoms. The molecule has 100 valence electrons. The van der Waals surface area contributed by atoms with Crippen molar-refractivity contribution in [3.63, 3.8) is 0 Å². The lowest BCUT2D eigenvalue weighted by Gasteiger charge is -2.08. The zero-order valence-electron chi connectivity index (χ0n) is 10.4. The number of nitrogens with one attached hydrogen (secondary N) is 1. The van der Waals surface area contributed by atoms with E-state index in [0.29, 0.717) is 16.0 Å². The van der Waals surface area contributed by atoms with Crippen molar-refractivity contribution in [1.29, 1.82) is 0 Å². The largest absolute Gasteiger partial charge is 0.305 e. The van der Waals surface area contributed by atoms with Gasteiger partial charge < -0.3 is 4.98 Å². The van der Waals surface area contributed by atoms with Gasteiger partial charge in [0, 0.05) is 21.6 Å². The van der Waals surface area contributed by atoms with E-state index in [2.05, 4.69) is 46.8 Å². The van der Waals surface area contributed by atoms with Gasteiger partial charge in [-0.15, -0.1) is 0 Å². The molecular formula is C14H9Br2N3O. The molecule has 0 amide bonds. The quantitative estimate of drug-likeness (QED) is 0.682. The zero-order valence-corrected chi connectivity index (χ0v) is 13.6. The van der Waals surface area contributed by atoms with Gasteiger partial charge >= 0.3 is 0 Å². The van der Waals surface area contributed by atoms with Gasteiger partial charge in [0.05, 0.1) is 11.2 Å². The zero-order chi connectivity index (χ0) is 14.3. The minimum absolute atomic E-state index is 0.195. The summed E-state index contributed by atoms with van der Waals surface area (Å²) in [5.41, 5.74) is 2.05. The number of aromatic nitrogens is 3. The van der Waals surface area contributed by atoms with Gasteiger partial charge in [0.25, 0.3) is 5.56 Å². The van der Waals surface area contributed by atoms with Crippen LogP contribution in [0.4, 0.5) is 0 Å². The number of H-pyrrole nitrogens is 1. The Balaban J connectivity index is 2.36. The normalized spacial score (nSPS) is 10.9. The molecule has 0 radical (unpaired) electrons. The van der Waals surface area contributed by atoms with E-state index in [0.717, 1.165) is 20.9 Å². The molecule has 0 saturated heterocycles. The van der Waals surface area contributed by atoms with Crippen molar-refractivity contribution in [2.24, 2.45) is 0 Å². The topological polar surface area (TPSA) is 58.6 Å². The number of fused-ring (bicyclic) bond motifs is 1. The summed E-state index contributed by atoms with van der Waals surface area (Å²) in [7, 11) is 0. The molecule has 1 aromatic carbocycles. The highest BCUT2D eigenvalue weighted by atomic mass is 79.9. The highest BCUT2D eigenvalue weighted by molar-refractivity contribution is 9.11. The van der Waals surface area contributed by atoms with Crippen molar-refractivity contribution in [2.75, 3.05) is 0 Å². The van der Waals surface area contributed by atoms with E-state index in [4.69, 9.17) is 0 Å². The lowest BCUT2D eigenvalue weighted by molar-refractivity contribution is 1.05. The van der Waals surface area contributed by atoms with Crippen molar-refractivity contribution < 1.29 is 0 Å². The maximum absolute atomic E-state index is 11.9. The molecule has 0 fully saturated rings. The van der Waals surface area contributed by atoms with E-state index in [-0.39, 0.29) is 5.56 Å². The Morgan fingerprint density at radius 3 is 2.75 bits per heavy atom. The van der Waals surface area contributed by atoms with E-state index in [1.165, 1.54) is 0 Å². The third-order valence-electron chi connectivity index (χ3n) is 3.00. The van der Waals surface area contributed by atoms with Crippen LogP contribution in [-0.4, -0.2) is 15.0 Å². The van der Waals surface area contributed by atoms with Crippen LogP contribution in [0.25, 0.3) is 22.3 Å². The first kappa shape index (κ1) is 13.5. The highest BCUT2D eigenvalue weighted by Crippen LogP contribution is 2.30. The molecule has 0 atom stereocenters. The number of pyridine rings is 1. The Hall–Kier alpha value is -1.53. The molecule has 0 unspecified atom stereocenters. The fourth-order valence-electron chi connectivity index (χ4n) is 2.03. The second-order valence-electron chi connectivity index (χ2n) is 4.31. The second kappa shape index (κ2) is 5.10. The molecule has 0 saturated carbocycles. The summed E-state index contributed by atoms with van der Waals surface area (Å²) in [6, 6.07) is 7.67. The predicted octanol–water partition coefficient (Wildman–Crippen LogP) is 3.82. The molecule has 0 aliphatic heterocycles. The Morgan fingerprint density at radius 2 is 2.00 bits per heavy atom. The molecule has 3 rings (SSSR count). The fourth-order valence-corrected chi connectivity index (χ4v) is 2.67. The summed E-state index contributed by atoms with van der Waals surface area (Å²) in [5, 5.41) is 0.980. The van der Waals surface area contributed by atoms with Crippen LogP contribution in [0.2, 0.25) is 0 Å². The van der Waals surface area contributed by atoms with Crippen molar-refractivity contribution in [3.8, 4) is 11.4 Å². The van der Waals surface area contributed by atoms with Crippen LogP contribution in [0.1, 0.15) is 5.69 Å². The SMILES string of the molecule is Cc1nc(-c2ccc(Br)c3cccnc23)[nH]c(=O)c1Br. The molecule has 0 spiro atoms. The van der Waals surface area contributed by atoms with Gasteiger partial charge in [-0.3, -0.25) is 9.78 Å². The highest BCUT2D eigenvalue weighted by Gasteiger charge is 2.12. The van der Waals surface area contributed by atoms with E-state index in [1.54, 1.807) is 13.1 Å². The van der Waals surface area contributed by atoms with Crippen LogP contribution in [0.3, 0.4) is 0 Å². The third-order valence-corrected chi connectivity index (χ3v) is 4.63. The van der Waals surface area contributed by atoms with E-state index in [1.807, 2.05) is 24.3 Å². The number of hydrogen-bond acceptors (Lipinski definition) is 3. The number of nitrogens with zero attached hydrogens (tertiary/aromatic N) is 2. The molecule has 3 aromatic rings. The summed E-state index contributed by atoms with van der Waals surface area (Å²) >= 11 is 6.72. The van der Waals surface area contributed by atoms with Gasteiger partial charge in [-0.2, -0.15) is 0 Å². The smallest absolute Gasteiger partial charge is 0.265 e. The fraction of sp³-hybridized carbons (Fsp3) is 0.0714. The van der Waals surface area contributed by atoms with Crippen LogP contribution in [0.15, 0.2) is 44.2 Å². The van der Waals surface area contributed by atoms with E-state index in [9.17, 15) is 4.79 Å². The Bertz CT molecular complexity index is 874. The van der Waals surface area contributed by atoms with Crippen molar-refractivity contribution in [3.05, 3.63) is 55.5 Å². The van der Waals surface area contributed by atoms with Gasteiger partial charge in [-0.05, 0) is 41.1 Å². The molecule has 0 aliphatic rings. The standard InChI is InChI=1S/C14H9Br2N3O/c1-7-11(16)14(20)19-13(18-7)9-4-5-10(15)8-3-2-6-17-12(8)9/h2-6H,1H3,(H,18,19,20). The maximum Gasteiger partial charge on any atom is 0.265 e. The summed E-state index contributed by atoms with van der Waals surface area (Å²) in [6.45, 7) is 1.79. The first-order valence-corrected chi connectivity index (χ1v) is 7.46. The average Bonchev–Trinajstić information content (AvgIpc) is 2.45. The second-order valence-corrected chi connectivity index (χ2v) is 5.96. The van der Waals surface area contributed by atoms with Crippen LogP contribution in [0.5, 0.6) is 0 Å². The molecule has 1 N–H and O–H groups in total. The van der Waals surface area contributed by atoms with Gasteiger partial charge in [0.15, 0.2) is 0 Å². The number of aryl methyl sites for hydroxylation is 1. The van der Waals surface area contributed by atoms with Crippen molar-refractivity contribution >= 4 is 42.8 Å². The van der Waals surface area contributed by atoms with Gasteiger partial charge in [-0.25, -0.2) is 4.98 Å². The van der Waals surface area contributed by atoms with Crippen LogP contribution in [0, 0.1) is 6.92 Å². The molecule has 2 aromatic heterocycles. The Morgan fingerprint density at radius 1 is 1.20 bits per heavy atom. The molecule has 20 heavy (non-hydrogen) atoms. The first-order valence-electron chi connectivity index (χ1n) is 5.88. The third kappa shape index (κ3) is 2.19. The maximum atomic E-state index is 11.9. The van der Waals surface area contributed by atoms with Crippen LogP contribution in [-0.2, 0) is 0 Å². The number of aromatic amines is 1. The summed E-state index contributed by atoms with van der Waals surface area (Å²) in [5.74, 6) is 0.520. The number of benzene rings is 1. The molecule has 0 aliphatic carbocycles. The lowest BCUT2D eigenvalue weighted by Crippen LogP contribution is -2.12. The number of halogens is 2. The van der Waals surface area contributed by atoms with Crippen LogP contribution >= 0.6 is 31.9 Å².